The summed E-state index contributed by atoms with van der Waals surface area (Å²) in [6.07, 6.45) is 7.13. The van der Waals surface area contributed by atoms with E-state index < -0.39 is 0 Å². The molecule has 2 fully saturated rings. The number of halogens is 3. The fourth-order valence-corrected chi connectivity index (χ4v) is 4.28. The zero-order valence-corrected chi connectivity index (χ0v) is 21.1. The number of benzene rings is 1. The Labute approximate surface area is 205 Å². The highest BCUT2D eigenvalue weighted by Gasteiger charge is 2.23. The summed E-state index contributed by atoms with van der Waals surface area (Å²) >= 11 is 0. The summed E-state index contributed by atoms with van der Waals surface area (Å²) in [5.74, 6) is 1.84. The number of hydrogen-bond acceptors (Lipinski definition) is 5. The van der Waals surface area contributed by atoms with E-state index in [9.17, 15) is 0 Å². The summed E-state index contributed by atoms with van der Waals surface area (Å²) in [6, 6.07) is 9.32. The Kier molecular flexibility index (Phi) is 10.8. The summed E-state index contributed by atoms with van der Waals surface area (Å²) in [7, 11) is 0. The minimum absolute atomic E-state index is 0. The first-order valence-corrected chi connectivity index (χ1v) is 10.7. The maximum atomic E-state index is 4.89. The van der Waals surface area contributed by atoms with Gasteiger partial charge in [-0.1, -0.05) is 33.6 Å². The largest absolute Gasteiger partial charge is 0.382 e. The highest BCUT2D eigenvalue weighted by Crippen LogP contribution is 2.35. The molecule has 1 aliphatic heterocycles. The molecule has 0 unspecified atom stereocenters. The first-order chi connectivity index (χ1) is 13.5. The molecule has 2 aromatic rings. The van der Waals surface area contributed by atoms with E-state index in [1.165, 1.54) is 36.9 Å². The Morgan fingerprint density at radius 3 is 2.32 bits per heavy atom. The molecule has 2 heterocycles. The average Bonchev–Trinajstić information content (AvgIpc) is 3.21. The number of hydrogen-bond donors (Lipinski definition) is 2. The summed E-state index contributed by atoms with van der Waals surface area (Å²) in [4.78, 5) is 11.8. The van der Waals surface area contributed by atoms with Crippen LogP contribution in [0.25, 0.3) is 11.4 Å². The first-order valence-electron chi connectivity index (χ1n) is 10.7. The van der Waals surface area contributed by atoms with E-state index >= 15 is 0 Å². The number of aromatic nitrogens is 2. The van der Waals surface area contributed by atoms with E-state index in [1.54, 1.807) is 0 Å². The molecule has 2 N–H and O–H groups in total. The highest BCUT2D eigenvalue weighted by atomic mass is 35.5. The van der Waals surface area contributed by atoms with E-state index in [0.29, 0.717) is 6.04 Å². The van der Waals surface area contributed by atoms with Gasteiger partial charge in [-0.05, 0) is 48.1 Å². The van der Waals surface area contributed by atoms with Crippen LogP contribution in [0.2, 0.25) is 0 Å². The van der Waals surface area contributed by atoms with Gasteiger partial charge in [0.25, 0.3) is 0 Å². The molecule has 1 saturated carbocycles. The minimum atomic E-state index is 0. The molecule has 1 aromatic heterocycles. The quantitative estimate of drug-likeness (QED) is 0.597. The van der Waals surface area contributed by atoms with E-state index in [2.05, 4.69) is 59.5 Å². The maximum absolute atomic E-state index is 4.89. The number of anilines is 2. The van der Waals surface area contributed by atoms with E-state index in [4.69, 9.17) is 4.98 Å². The molecule has 0 amide bonds. The lowest BCUT2D eigenvalue weighted by molar-refractivity contribution is 0.584. The summed E-state index contributed by atoms with van der Waals surface area (Å²) < 4.78 is 0. The molecule has 0 radical (unpaired) electrons. The van der Waals surface area contributed by atoms with Gasteiger partial charge >= 0.3 is 0 Å². The third kappa shape index (κ3) is 6.85. The Hall–Kier alpha value is -1.27. The zero-order valence-electron chi connectivity index (χ0n) is 18.7. The molecule has 8 heteroatoms. The van der Waals surface area contributed by atoms with Gasteiger partial charge in [0.2, 0.25) is 0 Å². The molecule has 4 rings (SSSR count). The molecule has 2 aliphatic rings. The maximum Gasteiger partial charge on any atom is 0.161 e. The van der Waals surface area contributed by atoms with Crippen molar-refractivity contribution in [3.8, 4) is 11.4 Å². The molecule has 5 nitrogen and oxygen atoms in total. The Morgan fingerprint density at radius 1 is 1.00 bits per heavy atom. The van der Waals surface area contributed by atoms with E-state index in [0.717, 1.165) is 43.4 Å². The van der Waals surface area contributed by atoms with Gasteiger partial charge in [-0.25, -0.2) is 9.97 Å². The average molecular weight is 489 g/mol. The summed E-state index contributed by atoms with van der Waals surface area (Å²) in [5.41, 5.74) is 3.76. The van der Waals surface area contributed by atoms with Gasteiger partial charge in [-0.2, -0.15) is 0 Å². The van der Waals surface area contributed by atoms with Crippen LogP contribution in [0.15, 0.2) is 30.5 Å². The van der Waals surface area contributed by atoms with Gasteiger partial charge in [-0.3, -0.25) is 0 Å². The van der Waals surface area contributed by atoms with Crippen molar-refractivity contribution in [1.29, 1.82) is 0 Å². The molecule has 0 spiro atoms. The van der Waals surface area contributed by atoms with Crippen LogP contribution in [0.5, 0.6) is 0 Å². The van der Waals surface area contributed by atoms with Crippen molar-refractivity contribution in [2.24, 2.45) is 0 Å². The lowest BCUT2D eigenvalue weighted by Gasteiger charge is -2.28. The van der Waals surface area contributed by atoms with Crippen molar-refractivity contribution < 1.29 is 0 Å². The van der Waals surface area contributed by atoms with Crippen LogP contribution in [-0.2, 0) is 5.41 Å². The standard InChI is InChI=1S/C23H33N5.3ClH/c1-23(2,3)19-16-17(8-9-20(19)26-18-6-4-5-7-18)22-25-11-10-21(27-22)28-14-12-24-13-15-28;;;/h8-11,16,18,24,26H,4-7,12-15H2,1-3H3;3*1H. The Bertz CT molecular complexity index is 813. The third-order valence-electron chi connectivity index (χ3n) is 5.88. The van der Waals surface area contributed by atoms with Crippen LogP contribution in [0, 0.1) is 0 Å². The monoisotopic (exact) mass is 487 g/mol. The molecule has 31 heavy (non-hydrogen) atoms. The topological polar surface area (TPSA) is 53.1 Å². The van der Waals surface area contributed by atoms with Gasteiger partial charge in [0.1, 0.15) is 5.82 Å². The van der Waals surface area contributed by atoms with Crippen molar-refractivity contribution >= 4 is 48.7 Å². The normalized spacial score (nSPS) is 16.7. The van der Waals surface area contributed by atoms with Gasteiger partial charge < -0.3 is 15.5 Å². The van der Waals surface area contributed by atoms with Crippen LogP contribution < -0.4 is 15.5 Å². The number of nitrogens with one attached hydrogen (secondary N) is 2. The van der Waals surface area contributed by atoms with Crippen LogP contribution in [0.3, 0.4) is 0 Å². The second kappa shape index (κ2) is 12.1. The van der Waals surface area contributed by atoms with Crippen LogP contribution in [-0.4, -0.2) is 42.2 Å². The molecule has 174 valence electrons. The van der Waals surface area contributed by atoms with Crippen LogP contribution in [0.1, 0.15) is 52.0 Å². The molecule has 1 saturated heterocycles. The lowest BCUT2D eigenvalue weighted by atomic mass is 9.84. The smallest absolute Gasteiger partial charge is 0.161 e. The highest BCUT2D eigenvalue weighted by molar-refractivity contribution is 5.86. The minimum Gasteiger partial charge on any atom is -0.382 e. The second-order valence-corrected chi connectivity index (χ2v) is 9.11. The third-order valence-corrected chi connectivity index (χ3v) is 5.88. The number of rotatable bonds is 4. The Balaban J connectivity index is 0.00000160. The molecular formula is C23H36Cl3N5. The van der Waals surface area contributed by atoms with Crippen molar-refractivity contribution in [3.05, 3.63) is 36.0 Å². The molecular weight excluding hydrogens is 453 g/mol. The molecule has 1 aliphatic carbocycles. The van der Waals surface area contributed by atoms with Crippen molar-refractivity contribution in [3.63, 3.8) is 0 Å². The molecule has 1 aromatic carbocycles. The van der Waals surface area contributed by atoms with Gasteiger partial charge in [0, 0.05) is 49.7 Å². The van der Waals surface area contributed by atoms with Crippen molar-refractivity contribution in [1.82, 2.24) is 15.3 Å². The SMILES string of the molecule is CC(C)(C)c1cc(-c2nccc(N3CCNCC3)n2)ccc1NC1CCCC1.Cl.Cl.Cl. The van der Waals surface area contributed by atoms with Crippen LogP contribution >= 0.6 is 37.2 Å². The fraction of sp³-hybridized carbons (Fsp3) is 0.565. The fourth-order valence-electron chi connectivity index (χ4n) is 4.28. The van der Waals surface area contributed by atoms with Gasteiger partial charge in [-0.15, -0.1) is 37.2 Å². The van der Waals surface area contributed by atoms with Gasteiger partial charge in [0.15, 0.2) is 5.82 Å². The van der Waals surface area contributed by atoms with Crippen molar-refractivity contribution in [2.45, 2.75) is 57.9 Å². The second-order valence-electron chi connectivity index (χ2n) is 9.11. The van der Waals surface area contributed by atoms with E-state index in [1.807, 2.05) is 12.3 Å². The summed E-state index contributed by atoms with van der Waals surface area (Å²) in [5, 5.41) is 7.20. The Morgan fingerprint density at radius 2 is 1.68 bits per heavy atom. The van der Waals surface area contributed by atoms with Crippen LogP contribution in [0.4, 0.5) is 11.5 Å². The number of nitrogens with zero attached hydrogens (tertiary/aromatic N) is 3. The lowest BCUT2D eigenvalue weighted by Crippen LogP contribution is -2.43. The van der Waals surface area contributed by atoms with Crippen molar-refractivity contribution in [2.75, 3.05) is 36.4 Å². The number of piperazine rings is 1. The zero-order chi connectivity index (χ0) is 19.6. The van der Waals surface area contributed by atoms with Gasteiger partial charge in [0.05, 0.1) is 0 Å². The summed E-state index contributed by atoms with van der Waals surface area (Å²) in [6.45, 7) is 10.9. The first kappa shape index (κ1) is 27.8. The molecule has 0 bridgehead atoms. The van der Waals surface area contributed by atoms with E-state index in [-0.39, 0.29) is 42.6 Å². The molecule has 0 atom stereocenters. The predicted octanol–water partition coefficient (Wildman–Crippen LogP) is 5.47. The predicted molar refractivity (Wildman–Crippen MR) is 139 cm³/mol.